The maximum atomic E-state index is 12.7. The Balaban J connectivity index is 1.96. The molecule has 0 radical (unpaired) electrons. The minimum absolute atomic E-state index is 0.0386. The maximum absolute atomic E-state index is 12.7. The zero-order valence-electron chi connectivity index (χ0n) is 19.7. The Morgan fingerprint density at radius 3 is 2.34 bits per heavy atom. The minimum atomic E-state index is -1.51. The van der Waals surface area contributed by atoms with Crippen molar-refractivity contribution < 1.29 is 29.1 Å². The van der Waals surface area contributed by atoms with Gasteiger partial charge in [-0.05, 0) is 30.4 Å². The number of benzene rings is 1. The molecule has 0 bridgehead atoms. The zero-order valence-corrected chi connectivity index (χ0v) is 19.7. The van der Waals surface area contributed by atoms with Gasteiger partial charge in [0.1, 0.15) is 12.1 Å². The summed E-state index contributed by atoms with van der Waals surface area (Å²) in [5.41, 5.74) is 12.9. The number of rotatable bonds is 13. The fraction of sp³-hybridized carbons (Fsp3) is 0.435. The van der Waals surface area contributed by atoms with Gasteiger partial charge in [0.2, 0.25) is 23.6 Å². The highest BCUT2D eigenvalue weighted by Crippen LogP contribution is 2.19. The molecule has 190 valence electrons. The highest BCUT2D eigenvalue weighted by atomic mass is 16.4. The third-order valence-electron chi connectivity index (χ3n) is 5.25. The number of primary amides is 1. The fourth-order valence-corrected chi connectivity index (χ4v) is 3.55. The van der Waals surface area contributed by atoms with Crippen LogP contribution in [0, 0.1) is 5.92 Å². The molecule has 35 heavy (non-hydrogen) atoms. The molecular formula is C23H32N6O6. The number of aromatic amines is 1. The van der Waals surface area contributed by atoms with Gasteiger partial charge < -0.3 is 37.5 Å². The van der Waals surface area contributed by atoms with Gasteiger partial charge in [-0.25, -0.2) is 4.79 Å². The first-order valence-electron chi connectivity index (χ1n) is 11.2. The van der Waals surface area contributed by atoms with Gasteiger partial charge in [0.25, 0.3) is 0 Å². The molecule has 12 nitrogen and oxygen atoms in total. The van der Waals surface area contributed by atoms with Crippen LogP contribution in [-0.2, 0) is 30.4 Å². The SMILES string of the molecule is CC(C)CC(NC(=O)C(N)Cc1c[nH]c2ccccc12)C(=O)NCC(=O)NC(CC(N)=O)C(=O)O. The number of hydrogen-bond acceptors (Lipinski definition) is 6. The quantitative estimate of drug-likeness (QED) is 0.189. The molecule has 1 heterocycles. The second-order valence-corrected chi connectivity index (χ2v) is 8.71. The summed E-state index contributed by atoms with van der Waals surface area (Å²) in [6.07, 6.45) is 1.75. The maximum Gasteiger partial charge on any atom is 0.326 e. The van der Waals surface area contributed by atoms with Gasteiger partial charge in [0.05, 0.1) is 19.0 Å². The first-order chi connectivity index (χ1) is 16.5. The molecule has 0 saturated carbocycles. The lowest BCUT2D eigenvalue weighted by Gasteiger charge is -2.22. The number of nitrogens with one attached hydrogen (secondary N) is 4. The van der Waals surface area contributed by atoms with E-state index in [1.165, 1.54) is 0 Å². The summed E-state index contributed by atoms with van der Waals surface area (Å²) >= 11 is 0. The molecule has 1 aromatic carbocycles. The summed E-state index contributed by atoms with van der Waals surface area (Å²) in [4.78, 5) is 62.7. The minimum Gasteiger partial charge on any atom is -0.480 e. The molecule has 0 saturated heterocycles. The topological polar surface area (TPSA) is 209 Å². The Morgan fingerprint density at radius 1 is 1.03 bits per heavy atom. The predicted molar refractivity (Wildman–Crippen MR) is 128 cm³/mol. The van der Waals surface area contributed by atoms with Crippen molar-refractivity contribution in [1.82, 2.24) is 20.9 Å². The Kier molecular flexibility index (Phi) is 9.76. The molecule has 0 aliphatic carbocycles. The average molecular weight is 489 g/mol. The van der Waals surface area contributed by atoms with Crippen LogP contribution in [0.25, 0.3) is 10.9 Å². The summed E-state index contributed by atoms with van der Waals surface area (Å²) in [7, 11) is 0. The molecule has 1 aromatic heterocycles. The van der Waals surface area contributed by atoms with E-state index in [4.69, 9.17) is 16.6 Å². The van der Waals surface area contributed by atoms with E-state index in [0.29, 0.717) is 6.42 Å². The Labute approximate surface area is 202 Å². The first-order valence-corrected chi connectivity index (χ1v) is 11.2. The summed E-state index contributed by atoms with van der Waals surface area (Å²) in [5, 5.41) is 17.2. The number of fused-ring (bicyclic) bond motifs is 1. The van der Waals surface area contributed by atoms with E-state index in [1.807, 2.05) is 38.1 Å². The Bertz CT molecular complexity index is 1080. The molecule has 2 rings (SSSR count). The van der Waals surface area contributed by atoms with Crippen LogP contribution >= 0.6 is 0 Å². The third kappa shape index (κ3) is 8.41. The molecule has 0 aliphatic heterocycles. The van der Waals surface area contributed by atoms with E-state index < -0.39 is 60.7 Å². The van der Waals surface area contributed by atoms with Crippen molar-refractivity contribution in [2.24, 2.45) is 17.4 Å². The van der Waals surface area contributed by atoms with Gasteiger partial charge in [-0.2, -0.15) is 0 Å². The largest absolute Gasteiger partial charge is 0.480 e. The van der Waals surface area contributed by atoms with Crippen LogP contribution in [0.3, 0.4) is 0 Å². The normalized spacial score (nSPS) is 13.6. The highest BCUT2D eigenvalue weighted by molar-refractivity contribution is 5.93. The van der Waals surface area contributed by atoms with E-state index in [0.717, 1.165) is 16.5 Å². The molecule has 0 fully saturated rings. The van der Waals surface area contributed by atoms with E-state index in [1.54, 1.807) is 6.20 Å². The standard InChI is InChI=1S/C23H32N6O6/c1-12(2)7-17(22(33)27-11-20(31)28-18(23(34)35)9-19(25)30)29-21(32)15(24)8-13-10-26-16-6-4-3-5-14(13)16/h3-6,10,12,15,17-18,26H,7-9,11,24H2,1-2H3,(H2,25,30)(H,27,33)(H,28,31)(H,29,32)(H,34,35). The van der Waals surface area contributed by atoms with Crippen LogP contribution < -0.4 is 27.4 Å². The number of H-pyrrole nitrogens is 1. The third-order valence-corrected chi connectivity index (χ3v) is 5.25. The van der Waals surface area contributed by atoms with Crippen molar-refractivity contribution >= 4 is 40.5 Å². The number of hydrogen-bond donors (Lipinski definition) is 7. The van der Waals surface area contributed by atoms with Crippen molar-refractivity contribution in [3.63, 3.8) is 0 Å². The van der Waals surface area contributed by atoms with Crippen molar-refractivity contribution in [2.75, 3.05) is 6.54 Å². The molecule has 9 N–H and O–H groups in total. The summed E-state index contributed by atoms with van der Waals surface area (Å²) in [6.45, 7) is 3.19. The van der Waals surface area contributed by atoms with E-state index in [-0.39, 0.29) is 12.3 Å². The van der Waals surface area contributed by atoms with Crippen LogP contribution in [0.15, 0.2) is 30.5 Å². The van der Waals surface area contributed by atoms with E-state index in [2.05, 4.69) is 20.9 Å². The van der Waals surface area contributed by atoms with Crippen LogP contribution in [0.5, 0.6) is 0 Å². The van der Waals surface area contributed by atoms with Crippen molar-refractivity contribution in [1.29, 1.82) is 0 Å². The number of para-hydroxylation sites is 1. The molecule has 3 atom stereocenters. The second kappa shape index (κ2) is 12.5. The zero-order chi connectivity index (χ0) is 26.1. The smallest absolute Gasteiger partial charge is 0.326 e. The summed E-state index contributed by atoms with van der Waals surface area (Å²) in [6, 6.07) is 4.24. The lowest BCUT2D eigenvalue weighted by molar-refractivity contribution is -0.143. The molecule has 0 aliphatic rings. The van der Waals surface area contributed by atoms with Gasteiger partial charge >= 0.3 is 5.97 Å². The van der Waals surface area contributed by atoms with Crippen LogP contribution in [0.1, 0.15) is 32.3 Å². The number of aromatic nitrogens is 1. The van der Waals surface area contributed by atoms with Gasteiger partial charge in [-0.15, -0.1) is 0 Å². The first kappa shape index (κ1) is 27.3. The van der Waals surface area contributed by atoms with Gasteiger partial charge in [0.15, 0.2) is 0 Å². The number of nitrogens with two attached hydrogens (primary N) is 2. The van der Waals surface area contributed by atoms with Crippen molar-refractivity contribution in [3.8, 4) is 0 Å². The lowest BCUT2D eigenvalue weighted by Crippen LogP contribution is -2.54. The van der Waals surface area contributed by atoms with Crippen molar-refractivity contribution in [3.05, 3.63) is 36.0 Å². The number of amides is 4. The van der Waals surface area contributed by atoms with E-state index >= 15 is 0 Å². The summed E-state index contributed by atoms with van der Waals surface area (Å²) < 4.78 is 0. The second-order valence-electron chi connectivity index (χ2n) is 8.71. The van der Waals surface area contributed by atoms with Gasteiger partial charge in [-0.1, -0.05) is 32.0 Å². The number of carboxylic acid groups (broad SMARTS) is 1. The molecule has 0 spiro atoms. The Morgan fingerprint density at radius 2 is 1.71 bits per heavy atom. The number of aliphatic carboxylic acids is 1. The molecule has 2 aromatic rings. The molecular weight excluding hydrogens is 456 g/mol. The Hall–Kier alpha value is -3.93. The molecule has 4 amide bonds. The van der Waals surface area contributed by atoms with Gasteiger partial charge in [-0.3, -0.25) is 19.2 Å². The predicted octanol–water partition coefficient (Wildman–Crippen LogP) is -0.870. The fourth-order valence-electron chi connectivity index (χ4n) is 3.55. The number of carboxylic acids is 1. The van der Waals surface area contributed by atoms with Crippen molar-refractivity contribution in [2.45, 2.75) is 51.2 Å². The number of carbonyl (C=O) groups excluding carboxylic acids is 4. The average Bonchev–Trinajstić information content (AvgIpc) is 3.18. The molecule has 12 heteroatoms. The highest BCUT2D eigenvalue weighted by Gasteiger charge is 2.27. The monoisotopic (exact) mass is 488 g/mol. The van der Waals surface area contributed by atoms with Crippen LogP contribution in [0.4, 0.5) is 0 Å². The summed E-state index contributed by atoms with van der Waals surface area (Å²) in [5.74, 6) is -4.26. The van der Waals surface area contributed by atoms with Gasteiger partial charge in [0, 0.05) is 17.1 Å². The molecule has 3 unspecified atom stereocenters. The van der Waals surface area contributed by atoms with E-state index in [9.17, 15) is 24.0 Å². The van der Waals surface area contributed by atoms with Crippen LogP contribution in [-0.4, -0.2) is 64.4 Å². The van der Waals surface area contributed by atoms with Crippen LogP contribution in [0.2, 0.25) is 0 Å². The lowest BCUT2D eigenvalue weighted by atomic mass is 10.0. The number of carbonyl (C=O) groups is 5.